The molecular weight excluding hydrogens is 440 g/mol. The molecule has 0 bridgehead atoms. The molecule has 1 heterocycles. The zero-order valence-electron chi connectivity index (χ0n) is 21.5. The molecule has 0 aliphatic carbocycles. The monoisotopic (exact) mass is 480 g/mol. The zero-order chi connectivity index (χ0) is 26.3. The van der Waals surface area contributed by atoms with E-state index in [0.717, 1.165) is 5.56 Å². The van der Waals surface area contributed by atoms with Crippen molar-refractivity contribution in [2.24, 2.45) is 0 Å². The summed E-state index contributed by atoms with van der Waals surface area (Å²) in [5, 5.41) is 22.0. The molecule has 1 unspecified atom stereocenters. The summed E-state index contributed by atoms with van der Waals surface area (Å²) in [7, 11) is 0. The third kappa shape index (κ3) is 9.59. The van der Waals surface area contributed by atoms with E-state index in [-0.39, 0.29) is 19.0 Å². The van der Waals surface area contributed by atoms with Crippen LogP contribution in [0.3, 0.4) is 0 Å². The standard InChI is InChI=1S/C23H34N2O7.C2H6/c1-22(2,3)31-20(29)24-17(12-19(27)28)14-7-9-15(10-8-14)18-11-16(26)13-25(18)21(30)32-23(4,5)6;1-2/h7-10,16-18,26H,11-13H2,1-6H3,(H,24,29)(H,27,28);1-2H3/t16-,17?,18-;/m1./s1. The van der Waals surface area contributed by atoms with Crippen LogP contribution in [-0.4, -0.2) is 57.1 Å². The van der Waals surface area contributed by atoms with E-state index in [4.69, 9.17) is 9.47 Å². The first kappa shape index (κ1) is 29.2. The molecule has 1 aliphatic heterocycles. The first-order valence-electron chi connectivity index (χ1n) is 11.6. The summed E-state index contributed by atoms with van der Waals surface area (Å²) in [5.74, 6) is -1.06. The van der Waals surface area contributed by atoms with Crippen LogP contribution in [0.25, 0.3) is 0 Å². The van der Waals surface area contributed by atoms with E-state index in [0.29, 0.717) is 12.0 Å². The van der Waals surface area contributed by atoms with Crippen LogP contribution in [0, 0.1) is 0 Å². The number of aliphatic carboxylic acids is 1. The summed E-state index contributed by atoms with van der Waals surface area (Å²) >= 11 is 0. The lowest BCUT2D eigenvalue weighted by Gasteiger charge is -2.29. The number of carboxylic acid groups (broad SMARTS) is 1. The van der Waals surface area contributed by atoms with Crippen molar-refractivity contribution in [3.63, 3.8) is 0 Å². The van der Waals surface area contributed by atoms with Gasteiger partial charge in [-0.05, 0) is 59.1 Å². The third-order valence-corrected chi connectivity index (χ3v) is 4.70. The second-order valence-electron chi connectivity index (χ2n) is 10.0. The summed E-state index contributed by atoms with van der Waals surface area (Å²) in [6, 6.07) is 5.79. The van der Waals surface area contributed by atoms with E-state index in [2.05, 4.69) is 5.32 Å². The molecule has 0 radical (unpaired) electrons. The second kappa shape index (κ2) is 12.1. The van der Waals surface area contributed by atoms with Crippen molar-refractivity contribution in [3.8, 4) is 0 Å². The summed E-state index contributed by atoms with van der Waals surface area (Å²) in [5.41, 5.74) is -0.00101. The number of likely N-dealkylation sites (tertiary alicyclic amines) is 1. The quantitative estimate of drug-likeness (QED) is 0.553. The Bertz CT molecular complexity index is 825. The average Bonchev–Trinajstić information content (AvgIpc) is 3.08. The minimum absolute atomic E-state index is 0.170. The van der Waals surface area contributed by atoms with Gasteiger partial charge < -0.3 is 25.0 Å². The SMILES string of the molecule is CC.CC(C)(C)OC(=O)NC(CC(=O)O)c1ccc([C@H]2C[C@@H](O)CN2C(=O)OC(C)(C)C)cc1. The average molecular weight is 481 g/mol. The predicted molar refractivity (Wildman–Crippen MR) is 128 cm³/mol. The number of nitrogens with zero attached hydrogens (tertiary/aromatic N) is 1. The van der Waals surface area contributed by atoms with Crippen molar-refractivity contribution < 1.29 is 34.1 Å². The Morgan fingerprint density at radius 2 is 1.56 bits per heavy atom. The van der Waals surface area contributed by atoms with Crippen LogP contribution in [-0.2, 0) is 14.3 Å². The molecule has 2 amide bonds. The van der Waals surface area contributed by atoms with Gasteiger partial charge in [-0.1, -0.05) is 38.1 Å². The number of amides is 2. The van der Waals surface area contributed by atoms with Crippen molar-refractivity contribution in [2.45, 2.75) is 97.6 Å². The maximum atomic E-state index is 12.6. The molecule has 192 valence electrons. The van der Waals surface area contributed by atoms with Gasteiger partial charge in [-0.15, -0.1) is 0 Å². The van der Waals surface area contributed by atoms with Crippen LogP contribution >= 0.6 is 0 Å². The van der Waals surface area contributed by atoms with E-state index in [9.17, 15) is 24.6 Å². The smallest absolute Gasteiger partial charge is 0.410 e. The number of carbonyl (C=O) groups is 3. The summed E-state index contributed by atoms with van der Waals surface area (Å²) in [6.07, 6.45) is -1.82. The van der Waals surface area contributed by atoms with Gasteiger partial charge in [0.05, 0.1) is 31.2 Å². The molecule has 9 nitrogen and oxygen atoms in total. The highest BCUT2D eigenvalue weighted by Gasteiger charge is 2.37. The minimum Gasteiger partial charge on any atom is -0.481 e. The highest BCUT2D eigenvalue weighted by molar-refractivity contribution is 5.72. The fourth-order valence-electron chi connectivity index (χ4n) is 3.48. The molecule has 1 aromatic carbocycles. The largest absolute Gasteiger partial charge is 0.481 e. The molecule has 0 spiro atoms. The molecule has 0 saturated carbocycles. The number of carbonyl (C=O) groups excluding carboxylic acids is 2. The lowest BCUT2D eigenvalue weighted by Crippen LogP contribution is -2.37. The van der Waals surface area contributed by atoms with Crippen LogP contribution in [0.15, 0.2) is 24.3 Å². The maximum absolute atomic E-state index is 12.6. The Morgan fingerprint density at radius 1 is 1.03 bits per heavy atom. The lowest BCUT2D eigenvalue weighted by atomic mass is 9.98. The molecule has 34 heavy (non-hydrogen) atoms. The number of β-amino-alcohol motifs (C(OH)–C–C–N with tert-alkyl or cyclic N) is 1. The molecule has 3 atom stereocenters. The van der Waals surface area contributed by atoms with Crippen LogP contribution < -0.4 is 5.32 Å². The van der Waals surface area contributed by atoms with Gasteiger partial charge in [0.25, 0.3) is 0 Å². The van der Waals surface area contributed by atoms with Crippen molar-refractivity contribution in [1.29, 1.82) is 0 Å². The van der Waals surface area contributed by atoms with Crippen molar-refractivity contribution in [1.82, 2.24) is 10.2 Å². The lowest BCUT2D eigenvalue weighted by molar-refractivity contribution is -0.137. The number of ether oxygens (including phenoxy) is 2. The first-order chi connectivity index (χ1) is 15.6. The van der Waals surface area contributed by atoms with Gasteiger partial charge in [-0.25, -0.2) is 9.59 Å². The topological polar surface area (TPSA) is 125 Å². The molecule has 1 aromatic rings. The Kier molecular flexibility index (Phi) is 10.4. The molecule has 3 N–H and O–H groups in total. The number of hydrogen-bond acceptors (Lipinski definition) is 6. The summed E-state index contributed by atoms with van der Waals surface area (Å²) in [4.78, 5) is 37.6. The van der Waals surface area contributed by atoms with Gasteiger partial charge in [0.1, 0.15) is 11.2 Å². The van der Waals surface area contributed by atoms with Gasteiger partial charge in [0.15, 0.2) is 0 Å². The molecule has 9 heteroatoms. The van der Waals surface area contributed by atoms with E-state index in [1.54, 1.807) is 65.8 Å². The Labute approximate surface area is 202 Å². The van der Waals surface area contributed by atoms with Crippen LogP contribution in [0.5, 0.6) is 0 Å². The summed E-state index contributed by atoms with van der Waals surface area (Å²) in [6.45, 7) is 14.7. The second-order valence-corrected chi connectivity index (χ2v) is 10.0. The minimum atomic E-state index is -1.06. The van der Waals surface area contributed by atoms with E-state index < -0.39 is 41.5 Å². The molecule has 1 aliphatic rings. The number of carboxylic acids is 1. The summed E-state index contributed by atoms with van der Waals surface area (Å²) < 4.78 is 10.7. The zero-order valence-corrected chi connectivity index (χ0v) is 21.5. The highest BCUT2D eigenvalue weighted by Crippen LogP contribution is 2.34. The number of hydrogen-bond donors (Lipinski definition) is 3. The van der Waals surface area contributed by atoms with Crippen LogP contribution in [0.2, 0.25) is 0 Å². The number of aliphatic hydroxyl groups excluding tert-OH is 1. The maximum Gasteiger partial charge on any atom is 0.410 e. The molecular formula is C25H40N2O7. The van der Waals surface area contributed by atoms with Gasteiger partial charge in [0, 0.05) is 0 Å². The normalized spacial score (nSPS) is 18.9. The van der Waals surface area contributed by atoms with Crippen molar-refractivity contribution >= 4 is 18.2 Å². The van der Waals surface area contributed by atoms with E-state index in [1.165, 1.54) is 4.90 Å². The Hall–Kier alpha value is -2.81. The van der Waals surface area contributed by atoms with E-state index in [1.807, 2.05) is 13.8 Å². The molecule has 1 saturated heterocycles. The van der Waals surface area contributed by atoms with Crippen LogP contribution in [0.1, 0.15) is 91.4 Å². The first-order valence-corrected chi connectivity index (χ1v) is 11.6. The van der Waals surface area contributed by atoms with Gasteiger partial charge >= 0.3 is 18.2 Å². The fraction of sp³-hybridized carbons (Fsp3) is 0.640. The number of rotatable bonds is 5. The number of nitrogens with one attached hydrogen (secondary N) is 1. The van der Waals surface area contributed by atoms with E-state index >= 15 is 0 Å². The fourth-order valence-corrected chi connectivity index (χ4v) is 3.48. The Balaban J connectivity index is 0.00000281. The van der Waals surface area contributed by atoms with Gasteiger partial charge in [0.2, 0.25) is 0 Å². The number of benzene rings is 1. The number of aliphatic hydroxyl groups is 1. The predicted octanol–water partition coefficient (Wildman–Crippen LogP) is 4.80. The molecule has 0 aromatic heterocycles. The molecule has 2 rings (SSSR count). The van der Waals surface area contributed by atoms with Gasteiger partial charge in [-0.2, -0.15) is 0 Å². The molecule has 1 fully saturated rings. The van der Waals surface area contributed by atoms with Crippen molar-refractivity contribution in [3.05, 3.63) is 35.4 Å². The van der Waals surface area contributed by atoms with Gasteiger partial charge in [-0.3, -0.25) is 9.69 Å². The third-order valence-electron chi connectivity index (χ3n) is 4.70. The highest BCUT2D eigenvalue weighted by atomic mass is 16.6. The van der Waals surface area contributed by atoms with Crippen molar-refractivity contribution in [2.75, 3.05) is 6.54 Å². The number of alkyl carbamates (subject to hydrolysis) is 1. The Morgan fingerprint density at radius 3 is 2.03 bits per heavy atom. The van der Waals surface area contributed by atoms with Crippen LogP contribution in [0.4, 0.5) is 9.59 Å².